The monoisotopic (exact) mass is 187 g/mol. The van der Waals surface area contributed by atoms with Gasteiger partial charge in [0.15, 0.2) is 0 Å². The van der Waals surface area contributed by atoms with E-state index in [1.807, 2.05) is 6.92 Å². The van der Waals surface area contributed by atoms with Gasteiger partial charge in [-0.2, -0.15) is 0 Å². The van der Waals surface area contributed by atoms with E-state index in [0.29, 0.717) is 6.04 Å². The summed E-state index contributed by atoms with van der Waals surface area (Å²) in [5.41, 5.74) is -0.00884. The van der Waals surface area contributed by atoms with Crippen LogP contribution in [0.2, 0.25) is 0 Å². The Hall–Kier alpha value is -0.120. The van der Waals surface area contributed by atoms with Crippen molar-refractivity contribution in [3.63, 3.8) is 0 Å². The Morgan fingerprint density at radius 1 is 1.62 bits per heavy atom. The first kappa shape index (κ1) is 11.0. The van der Waals surface area contributed by atoms with Crippen molar-refractivity contribution in [1.82, 2.24) is 5.32 Å². The Kier molecular flexibility index (Phi) is 3.71. The maximum Gasteiger partial charge on any atom is 0.0641 e. The lowest BCUT2D eigenvalue weighted by Crippen LogP contribution is -2.47. The normalized spacial score (nSPS) is 30.0. The molecule has 3 heteroatoms. The maximum atomic E-state index is 8.90. The van der Waals surface area contributed by atoms with Crippen LogP contribution in [-0.4, -0.2) is 36.0 Å². The molecule has 13 heavy (non-hydrogen) atoms. The number of ether oxygens (including phenoxy) is 1. The van der Waals surface area contributed by atoms with E-state index in [-0.39, 0.29) is 18.2 Å². The lowest BCUT2D eigenvalue weighted by atomic mass is 9.93. The molecule has 0 aliphatic carbocycles. The fourth-order valence-corrected chi connectivity index (χ4v) is 1.83. The molecule has 78 valence electrons. The van der Waals surface area contributed by atoms with E-state index in [1.165, 1.54) is 0 Å². The van der Waals surface area contributed by atoms with Crippen molar-refractivity contribution in [2.75, 3.05) is 13.2 Å². The minimum absolute atomic E-state index is 0.00884. The molecule has 1 aliphatic heterocycles. The summed E-state index contributed by atoms with van der Waals surface area (Å²) in [6.07, 6.45) is 2.07. The van der Waals surface area contributed by atoms with Crippen molar-refractivity contribution in [2.24, 2.45) is 0 Å². The summed E-state index contributed by atoms with van der Waals surface area (Å²) in [5.74, 6) is 0. The zero-order chi connectivity index (χ0) is 9.90. The third-order valence-corrected chi connectivity index (χ3v) is 2.49. The summed E-state index contributed by atoms with van der Waals surface area (Å²) < 4.78 is 5.61. The number of nitrogens with one attached hydrogen (secondary N) is 1. The van der Waals surface area contributed by atoms with Gasteiger partial charge in [-0.15, -0.1) is 0 Å². The van der Waals surface area contributed by atoms with Gasteiger partial charge in [-0.3, -0.25) is 0 Å². The topological polar surface area (TPSA) is 41.5 Å². The second-order valence-corrected chi connectivity index (χ2v) is 4.55. The standard InChI is InChI=1S/C10H21NO2/c1-8(7-12)11-9-4-5-13-10(2,3)6-9/h8-9,11-12H,4-7H2,1-3H3. The van der Waals surface area contributed by atoms with Crippen LogP contribution in [0.25, 0.3) is 0 Å². The van der Waals surface area contributed by atoms with E-state index in [9.17, 15) is 0 Å². The van der Waals surface area contributed by atoms with Crippen molar-refractivity contribution < 1.29 is 9.84 Å². The van der Waals surface area contributed by atoms with Crippen LogP contribution in [0.15, 0.2) is 0 Å². The molecule has 3 nitrogen and oxygen atoms in total. The third-order valence-electron chi connectivity index (χ3n) is 2.49. The van der Waals surface area contributed by atoms with Crippen molar-refractivity contribution >= 4 is 0 Å². The van der Waals surface area contributed by atoms with Crippen molar-refractivity contribution in [2.45, 2.75) is 51.3 Å². The molecule has 1 saturated heterocycles. The summed E-state index contributed by atoms with van der Waals surface area (Å²) in [5, 5.41) is 12.3. The molecular weight excluding hydrogens is 166 g/mol. The number of aliphatic hydroxyl groups excluding tert-OH is 1. The molecule has 0 aromatic heterocycles. The summed E-state index contributed by atoms with van der Waals surface area (Å²) in [6.45, 7) is 7.26. The number of hydrogen-bond acceptors (Lipinski definition) is 3. The SMILES string of the molecule is CC(CO)NC1CCOC(C)(C)C1. The van der Waals surface area contributed by atoms with Gasteiger partial charge in [-0.1, -0.05) is 0 Å². The molecule has 1 aliphatic rings. The molecule has 0 amide bonds. The molecule has 0 saturated carbocycles. The molecule has 1 heterocycles. The van der Waals surface area contributed by atoms with Gasteiger partial charge < -0.3 is 15.2 Å². The number of rotatable bonds is 3. The highest BCUT2D eigenvalue weighted by atomic mass is 16.5. The van der Waals surface area contributed by atoms with Gasteiger partial charge in [0.25, 0.3) is 0 Å². The zero-order valence-corrected chi connectivity index (χ0v) is 8.84. The largest absolute Gasteiger partial charge is 0.395 e. The highest BCUT2D eigenvalue weighted by Crippen LogP contribution is 2.23. The first-order valence-electron chi connectivity index (χ1n) is 5.04. The predicted octanol–water partition coefficient (Wildman–Crippen LogP) is 0.914. The van der Waals surface area contributed by atoms with E-state index in [1.54, 1.807) is 0 Å². The Labute approximate surface area is 80.5 Å². The molecule has 2 unspecified atom stereocenters. The maximum absolute atomic E-state index is 8.90. The fraction of sp³-hybridized carbons (Fsp3) is 1.00. The minimum Gasteiger partial charge on any atom is -0.395 e. The lowest BCUT2D eigenvalue weighted by molar-refractivity contribution is -0.0645. The Morgan fingerprint density at radius 3 is 2.85 bits per heavy atom. The van der Waals surface area contributed by atoms with Crippen LogP contribution in [0.3, 0.4) is 0 Å². The quantitative estimate of drug-likeness (QED) is 0.690. The van der Waals surface area contributed by atoms with E-state index < -0.39 is 0 Å². The lowest BCUT2D eigenvalue weighted by Gasteiger charge is -2.37. The van der Waals surface area contributed by atoms with Gasteiger partial charge in [0, 0.05) is 18.7 Å². The Morgan fingerprint density at radius 2 is 2.31 bits per heavy atom. The van der Waals surface area contributed by atoms with Gasteiger partial charge in [-0.25, -0.2) is 0 Å². The number of aliphatic hydroxyl groups is 1. The highest BCUT2D eigenvalue weighted by molar-refractivity contribution is 4.84. The first-order chi connectivity index (χ1) is 6.03. The summed E-state index contributed by atoms with van der Waals surface area (Å²) >= 11 is 0. The molecule has 2 N–H and O–H groups in total. The van der Waals surface area contributed by atoms with Crippen molar-refractivity contribution in [3.05, 3.63) is 0 Å². The third kappa shape index (κ3) is 3.63. The summed E-state index contributed by atoms with van der Waals surface area (Å²) in [6, 6.07) is 0.685. The van der Waals surface area contributed by atoms with E-state index in [2.05, 4.69) is 19.2 Å². The molecule has 0 radical (unpaired) electrons. The molecule has 1 fully saturated rings. The molecular formula is C10H21NO2. The van der Waals surface area contributed by atoms with Crippen LogP contribution in [0.4, 0.5) is 0 Å². The predicted molar refractivity (Wildman–Crippen MR) is 52.7 cm³/mol. The average Bonchev–Trinajstić information content (AvgIpc) is 2.02. The first-order valence-corrected chi connectivity index (χ1v) is 5.04. The second kappa shape index (κ2) is 4.40. The molecule has 1 rings (SSSR count). The van der Waals surface area contributed by atoms with Gasteiger partial charge in [-0.05, 0) is 33.6 Å². The van der Waals surface area contributed by atoms with Gasteiger partial charge >= 0.3 is 0 Å². The molecule has 0 bridgehead atoms. The van der Waals surface area contributed by atoms with Crippen LogP contribution in [-0.2, 0) is 4.74 Å². The van der Waals surface area contributed by atoms with Gasteiger partial charge in [0.1, 0.15) is 0 Å². The van der Waals surface area contributed by atoms with Crippen LogP contribution in [0, 0.1) is 0 Å². The van der Waals surface area contributed by atoms with E-state index >= 15 is 0 Å². The number of hydrogen-bond donors (Lipinski definition) is 2. The summed E-state index contributed by atoms with van der Waals surface area (Å²) in [7, 11) is 0. The van der Waals surface area contributed by atoms with Crippen molar-refractivity contribution in [3.8, 4) is 0 Å². The molecule has 2 atom stereocenters. The van der Waals surface area contributed by atoms with Crippen molar-refractivity contribution in [1.29, 1.82) is 0 Å². The highest BCUT2D eigenvalue weighted by Gasteiger charge is 2.28. The van der Waals surface area contributed by atoms with E-state index in [4.69, 9.17) is 9.84 Å². The van der Waals surface area contributed by atoms with Crippen LogP contribution in [0.5, 0.6) is 0 Å². The Balaban J connectivity index is 2.34. The summed E-state index contributed by atoms with van der Waals surface area (Å²) in [4.78, 5) is 0. The van der Waals surface area contributed by atoms with Gasteiger partial charge in [0.2, 0.25) is 0 Å². The van der Waals surface area contributed by atoms with Crippen LogP contribution < -0.4 is 5.32 Å². The average molecular weight is 187 g/mol. The molecule has 0 aromatic carbocycles. The Bertz CT molecular complexity index is 159. The van der Waals surface area contributed by atoms with Gasteiger partial charge in [0.05, 0.1) is 12.2 Å². The molecule has 0 aromatic rings. The van der Waals surface area contributed by atoms with Crippen LogP contribution in [0.1, 0.15) is 33.6 Å². The fourth-order valence-electron chi connectivity index (χ4n) is 1.83. The molecule has 0 spiro atoms. The zero-order valence-electron chi connectivity index (χ0n) is 8.84. The second-order valence-electron chi connectivity index (χ2n) is 4.55. The van der Waals surface area contributed by atoms with E-state index in [0.717, 1.165) is 19.4 Å². The van der Waals surface area contributed by atoms with Crippen LogP contribution >= 0.6 is 0 Å². The minimum atomic E-state index is -0.00884. The smallest absolute Gasteiger partial charge is 0.0641 e.